The van der Waals surface area contributed by atoms with Crippen molar-refractivity contribution in [1.29, 1.82) is 0 Å². The topological polar surface area (TPSA) is 186 Å². The quantitative estimate of drug-likeness (QED) is 0.0198. The minimum atomic E-state index is -4.61. The van der Waals surface area contributed by atoms with Crippen molar-refractivity contribution in [2.45, 2.75) is 218 Å². The van der Waals surface area contributed by atoms with Gasteiger partial charge in [-0.25, -0.2) is 0 Å². The third-order valence-corrected chi connectivity index (χ3v) is 11.3. The lowest BCUT2D eigenvalue weighted by Gasteiger charge is -2.40. The van der Waals surface area contributed by atoms with E-state index in [1.807, 2.05) is 6.08 Å². The lowest BCUT2D eigenvalue weighted by molar-refractivity contribution is -0.297. The summed E-state index contributed by atoms with van der Waals surface area (Å²) < 4.78 is 54.1. The average molecular weight is 897 g/mol. The van der Waals surface area contributed by atoms with Gasteiger partial charge in [0.1, 0.15) is 36.8 Å². The summed E-state index contributed by atoms with van der Waals surface area (Å²) in [7, 11) is -4.61. The van der Waals surface area contributed by atoms with Crippen molar-refractivity contribution in [3.8, 4) is 0 Å². The molecule has 1 saturated heterocycles. The fourth-order valence-corrected chi connectivity index (χ4v) is 7.53. The molecular formula is C49H84O12S. The van der Waals surface area contributed by atoms with Crippen LogP contribution in [0.2, 0.25) is 0 Å². The average Bonchev–Trinajstić information content (AvgIpc) is 3.24. The maximum Gasteiger partial charge on any atom is 0.306 e. The van der Waals surface area contributed by atoms with E-state index in [4.69, 9.17) is 18.9 Å². The van der Waals surface area contributed by atoms with Crippen LogP contribution in [0.5, 0.6) is 0 Å². The van der Waals surface area contributed by atoms with Gasteiger partial charge >= 0.3 is 11.9 Å². The lowest BCUT2D eigenvalue weighted by atomic mass is 10.00. The molecule has 12 nitrogen and oxygen atoms in total. The molecule has 62 heavy (non-hydrogen) atoms. The van der Waals surface area contributed by atoms with Gasteiger partial charge in [0.2, 0.25) is 0 Å². The molecule has 0 bridgehead atoms. The highest BCUT2D eigenvalue weighted by Gasteiger charge is 2.46. The molecule has 0 spiro atoms. The van der Waals surface area contributed by atoms with Crippen LogP contribution in [0.4, 0.5) is 0 Å². The third kappa shape index (κ3) is 32.9. The molecule has 1 aliphatic rings. The van der Waals surface area contributed by atoms with Gasteiger partial charge in [0.05, 0.1) is 6.61 Å². The van der Waals surface area contributed by atoms with Crippen molar-refractivity contribution in [2.24, 2.45) is 0 Å². The maximum atomic E-state index is 12.8. The van der Waals surface area contributed by atoms with Crippen molar-refractivity contribution in [1.82, 2.24) is 0 Å². The second-order valence-corrected chi connectivity index (χ2v) is 17.9. The molecule has 0 aliphatic carbocycles. The summed E-state index contributed by atoms with van der Waals surface area (Å²) in [6.07, 6.45) is 38.4. The van der Waals surface area contributed by atoms with Crippen LogP contribution in [0, 0.1) is 0 Å². The summed E-state index contributed by atoms with van der Waals surface area (Å²) >= 11 is 0. The number of unbranched alkanes of at least 4 members (excludes halogenated alkanes) is 17. The Hall–Kier alpha value is -2.65. The Bertz CT molecular complexity index is 1370. The van der Waals surface area contributed by atoms with Gasteiger partial charge in [-0.15, -0.1) is 0 Å². The second-order valence-electron chi connectivity index (χ2n) is 16.4. The molecule has 1 heterocycles. The van der Waals surface area contributed by atoms with Crippen molar-refractivity contribution in [3.05, 3.63) is 60.8 Å². The van der Waals surface area contributed by atoms with E-state index in [1.165, 1.54) is 64.2 Å². The number of carbonyl (C=O) groups excluding carboxylic acids is 2. The highest BCUT2D eigenvalue weighted by molar-refractivity contribution is 7.85. The lowest BCUT2D eigenvalue weighted by Crippen LogP contribution is -2.60. The van der Waals surface area contributed by atoms with Crippen LogP contribution in [0.25, 0.3) is 0 Å². The van der Waals surface area contributed by atoms with Gasteiger partial charge in [-0.2, -0.15) is 8.42 Å². The highest BCUT2D eigenvalue weighted by Crippen LogP contribution is 2.24. The Morgan fingerprint density at radius 1 is 0.548 bits per heavy atom. The molecule has 0 saturated carbocycles. The minimum Gasteiger partial charge on any atom is -0.462 e. The van der Waals surface area contributed by atoms with Crippen molar-refractivity contribution in [3.63, 3.8) is 0 Å². The van der Waals surface area contributed by atoms with Crippen LogP contribution in [0.1, 0.15) is 181 Å². The molecule has 0 aromatic carbocycles. The Morgan fingerprint density at radius 3 is 1.52 bits per heavy atom. The zero-order chi connectivity index (χ0) is 45.5. The molecule has 1 aliphatic heterocycles. The van der Waals surface area contributed by atoms with Crippen LogP contribution < -0.4 is 0 Å². The number of esters is 2. The summed E-state index contributed by atoms with van der Waals surface area (Å²) in [4.78, 5) is 25.4. The predicted octanol–water partition coefficient (Wildman–Crippen LogP) is 10.1. The molecule has 2 unspecified atom stereocenters. The van der Waals surface area contributed by atoms with Crippen LogP contribution in [0.15, 0.2) is 60.8 Å². The molecular weight excluding hydrogens is 813 g/mol. The Morgan fingerprint density at radius 2 is 0.984 bits per heavy atom. The summed E-state index contributed by atoms with van der Waals surface area (Å²) in [5, 5.41) is 30.9. The van der Waals surface area contributed by atoms with Crippen molar-refractivity contribution < 1.29 is 56.8 Å². The third-order valence-electron chi connectivity index (χ3n) is 10.6. The van der Waals surface area contributed by atoms with E-state index in [1.54, 1.807) is 0 Å². The number of hydrogen-bond acceptors (Lipinski definition) is 11. The van der Waals surface area contributed by atoms with E-state index in [-0.39, 0.29) is 19.4 Å². The largest absolute Gasteiger partial charge is 0.462 e. The number of rotatable bonds is 39. The molecule has 1 fully saturated rings. The molecule has 13 heteroatoms. The van der Waals surface area contributed by atoms with Crippen molar-refractivity contribution in [2.75, 3.05) is 19.0 Å². The molecule has 0 radical (unpaired) electrons. The second kappa shape index (κ2) is 38.8. The van der Waals surface area contributed by atoms with E-state index in [0.717, 1.165) is 70.6 Å². The smallest absolute Gasteiger partial charge is 0.306 e. The molecule has 4 N–H and O–H groups in total. The Labute approximate surface area is 375 Å². The normalized spacial score (nSPS) is 20.4. The van der Waals surface area contributed by atoms with Gasteiger partial charge in [-0.05, 0) is 77.0 Å². The Balaban J connectivity index is 2.47. The number of aliphatic hydroxyl groups excluding tert-OH is 3. The molecule has 0 aromatic rings. The zero-order valence-corrected chi connectivity index (χ0v) is 39.0. The Kier molecular flexibility index (Phi) is 35.9. The fraction of sp³-hybridized carbons (Fsp3) is 0.755. The number of allylic oxidation sites excluding steroid dienone is 10. The van der Waals surface area contributed by atoms with Gasteiger partial charge in [-0.3, -0.25) is 14.1 Å². The van der Waals surface area contributed by atoms with Gasteiger partial charge in [0, 0.05) is 12.8 Å². The zero-order valence-electron chi connectivity index (χ0n) is 38.2. The standard InChI is InChI=1S/C49H84O12S/c1-3-5-7-9-11-13-15-17-19-21-23-25-27-29-31-33-35-37-44(50)58-39-42(40-59-49-48(54)47(53)46(52)43(61-49)41-62(55,56)57)60-45(51)38-36-34-32-30-28-26-24-22-20-18-16-14-12-10-8-6-4-2/h12,14,17-20,23,25,29,31,42-43,46-49,52-54H,3-11,13,15-16,21-22,24,26-28,30,32-41H2,1-2H3,(H,55,56,57)/b14-12+,19-17+,20-18+,25-23+,31-29+/t42-,43-,46-,47?,48?,49+/m1/s1. The summed E-state index contributed by atoms with van der Waals surface area (Å²) in [5.74, 6) is -2.06. The summed E-state index contributed by atoms with van der Waals surface area (Å²) in [6, 6.07) is 0. The minimum absolute atomic E-state index is 0.143. The first-order valence-corrected chi connectivity index (χ1v) is 25.5. The van der Waals surface area contributed by atoms with Gasteiger partial charge < -0.3 is 34.3 Å². The molecule has 1 rings (SSSR count). The number of hydrogen-bond donors (Lipinski definition) is 4. The molecule has 6 atom stereocenters. The predicted molar refractivity (Wildman–Crippen MR) is 247 cm³/mol. The summed E-state index contributed by atoms with van der Waals surface area (Å²) in [6.45, 7) is 3.68. The first-order chi connectivity index (χ1) is 30.0. The van der Waals surface area contributed by atoms with Crippen LogP contribution >= 0.6 is 0 Å². The van der Waals surface area contributed by atoms with Crippen LogP contribution in [-0.4, -0.2) is 96.0 Å². The number of ether oxygens (including phenoxy) is 4. The summed E-state index contributed by atoms with van der Waals surface area (Å²) in [5.41, 5.74) is 0. The first-order valence-electron chi connectivity index (χ1n) is 23.8. The maximum absolute atomic E-state index is 12.8. The molecule has 358 valence electrons. The van der Waals surface area contributed by atoms with E-state index in [2.05, 4.69) is 68.5 Å². The van der Waals surface area contributed by atoms with Gasteiger partial charge in [0.25, 0.3) is 10.1 Å². The molecule has 0 amide bonds. The first kappa shape index (κ1) is 57.4. The van der Waals surface area contributed by atoms with Gasteiger partial charge in [-0.1, -0.05) is 152 Å². The highest BCUT2D eigenvalue weighted by atomic mass is 32.2. The SMILES string of the molecule is CCCCC/C=C/C/C=C/CCCCCCCCCC(=O)O[C@H](COC(=O)CCC/C=C/C/C=C/C/C=C/CCCCCCCC)CO[C@H]1O[C@H](CS(=O)(=O)O)[C@@H](O)C(O)C1O. The van der Waals surface area contributed by atoms with Gasteiger partial charge in [0.15, 0.2) is 12.4 Å². The van der Waals surface area contributed by atoms with Crippen molar-refractivity contribution >= 4 is 22.1 Å². The van der Waals surface area contributed by atoms with E-state index >= 15 is 0 Å². The molecule has 0 aromatic heterocycles. The van der Waals surface area contributed by atoms with Crippen LogP contribution in [-0.2, 0) is 38.7 Å². The number of aliphatic hydroxyl groups is 3. The fourth-order valence-electron chi connectivity index (χ4n) is 6.84. The van der Waals surface area contributed by atoms with E-state index < -0.39 is 71.2 Å². The monoisotopic (exact) mass is 897 g/mol. The van der Waals surface area contributed by atoms with E-state index in [9.17, 15) is 37.9 Å². The number of carbonyl (C=O) groups is 2. The van der Waals surface area contributed by atoms with E-state index in [0.29, 0.717) is 19.3 Å². The van der Waals surface area contributed by atoms with Crippen LogP contribution in [0.3, 0.4) is 0 Å².